The largest absolute Gasteiger partial charge is 0.481 e. The Hall–Kier alpha value is -2.41. The van der Waals surface area contributed by atoms with Gasteiger partial charge in [0.2, 0.25) is 10.0 Å². The number of fused-ring (bicyclic) bond motifs is 1. The van der Waals surface area contributed by atoms with Crippen molar-refractivity contribution in [1.82, 2.24) is 9.29 Å². The minimum atomic E-state index is -4.94. The van der Waals surface area contributed by atoms with Crippen LogP contribution in [0.5, 0.6) is 0 Å². The van der Waals surface area contributed by atoms with E-state index >= 15 is 0 Å². The number of carboxylic acids is 1. The summed E-state index contributed by atoms with van der Waals surface area (Å²) in [6.45, 7) is -2.12. The molecular weight excluding hydrogens is 388 g/mol. The van der Waals surface area contributed by atoms with Crippen LogP contribution in [0, 0.1) is 17.7 Å². The Morgan fingerprint density at radius 3 is 2.50 bits per heavy atom. The summed E-state index contributed by atoms with van der Waals surface area (Å²) in [6, 6.07) is 1.31. The number of aromatic nitrogens is 1. The fraction of sp³-hybridized carbons (Fsp3) is 0.385. The number of aromatic amines is 1. The zero-order valence-electron chi connectivity index (χ0n) is 12.6. The van der Waals surface area contributed by atoms with Crippen molar-refractivity contribution in [2.24, 2.45) is 11.8 Å². The topological polar surface area (TPSA) is 121 Å². The van der Waals surface area contributed by atoms with E-state index in [1.165, 1.54) is 0 Å². The first-order valence-electron chi connectivity index (χ1n) is 7.03. The Morgan fingerprint density at radius 1 is 1.31 bits per heavy atom. The van der Waals surface area contributed by atoms with Crippen LogP contribution in [0.4, 0.5) is 17.6 Å². The number of nitrogens with one attached hydrogen (secondary N) is 1. The molecule has 0 saturated carbocycles. The third kappa shape index (κ3) is 2.96. The first-order valence-corrected chi connectivity index (χ1v) is 8.47. The van der Waals surface area contributed by atoms with Gasteiger partial charge in [0.15, 0.2) is 5.58 Å². The molecule has 142 valence electrons. The van der Waals surface area contributed by atoms with E-state index < -0.39 is 63.6 Å². The summed E-state index contributed by atoms with van der Waals surface area (Å²) >= 11 is 0. The van der Waals surface area contributed by atoms with E-state index in [4.69, 9.17) is 5.11 Å². The number of nitrogens with zero attached hydrogens (tertiary/aromatic N) is 1. The number of aliphatic carboxylic acids is 1. The fourth-order valence-electron chi connectivity index (χ4n) is 2.83. The Morgan fingerprint density at radius 2 is 1.96 bits per heavy atom. The number of benzene rings is 1. The second kappa shape index (κ2) is 5.81. The number of alkyl halides is 3. The number of halogens is 4. The van der Waals surface area contributed by atoms with Gasteiger partial charge in [-0.15, -0.1) is 0 Å². The van der Waals surface area contributed by atoms with E-state index in [2.05, 4.69) is 9.40 Å². The lowest BCUT2D eigenvalue weighted by Gasteiger charge is -2.18. The van der Waals surface area contributed by atoms with Crippen molar-refractivity contribution in [1.29, 1.82) is 0 Å². The van der Waals surface area contributed by atoms with Gasteiger partial charge >= 0.3 is 17.9 Å². The quantitative estimate of drug-likeness (QED) is 0.749. The molecule has 1 saturated heterocycles. The Balaban J connectivity index is 2.04. The number of sulfonamides is 1. The summed E-state index contributed by atoms with van der Waals surface area (Å²) in [5.41, 5.74) is -0.444. The zero-order valence-corrected chi connectivity index (χ0v) is 13.4. The van der Waals surface area contributed by atoms with Crippen molar-refractivity contribution in [2.45, 2.75) is 11.1 Å². The number of rotatable bonds is 3. The lowest BCUT2D eigenvalue weighted by Crippen LogP contribution is -2.34. The van der Waals surface area contributed by atoms with Gasteiger partial charge in [-0.1, -0.05) is 0 Å². The molecule has 0 unspecified atom stereocenters. The van der Waals surface area contributed by atoms with E-state index in [1.54, 1.807) is 0 Å². The minimum absolute atomic E-state index is 0.135. The van der Waals surface area contributed by atoms with Gasteiger partial charge in [0.05, 0.1) is 17.4 Å². The Kier molecular flexibility index (Phi) is 4.10. The molecule has 1 aliphatic heterocycles. The average molecular weight is 398 g/mol. The van der Waals surface area contributed by atoms with Gasteiger partial charge in [0, 0.05) is 25.2 Å². The molecule has 8 nitrogen and oxygen atoms in total. The molecule has 3 rings (SSSR count). The van der Waals surface area contributed by atoms with Gasteiger partial charge in [0.25, 0.3) is 0 Å². The molecule has 2 atom stereocenters. The SMILES string of the molecule is O=C(O)[C@@H]1CN(S(=O)(=O)c2cc3oc(=O)[nH]c3cc2F)C[C@H]1C(F)(F)F. The van der Waals surface area contributed by atoms with Crippen molar-refractivity contribution in [3.8, 4) is 0 Å². The van der Waals surface area contributed by atoms with Crippen molar-refractivity contribution in [2.75, 3.05) is 13.1 Å². The molecule has 0 spiro atoms. The molecule has 2 aromatic rings. The van der Waals surface area contributed by atoms with Crippen molar-refractivity contribution in [3.63, 3.8) is 0 Å². The van der Waals surface area contributed by atoms with Gasteiger partial charge in [-0.05, 0) is 0 Å². The maximum atomic E-state index is 14.2. The number of carbonyl (C=O) groups is 1. The first kappa shape index (κ1) is 18.4. The van der Waals surface area contributed by atoms with Gasteiger partial charge in [-0.25, -0.2) is 17.6 Å². The summed E-state index contributed by atoms with van der Waals surface area (Å²) in [6.07, 6.45) is -4.94. The van der Waals surface area contributed by atoms with Crippen molar-refractivity contribution < 1.29 is 40.3 Å². The monoisotopic (exact) mass is 398 g/mol. The van der Waals surface area contributed by atoms with Crippen LogP contribution < -0.4 is 5.76 Å². The molecule has 13 heteroatoms. The van der Waals surface area contributed by atoms with Gasteiger partial charge in [-0.3, -0.25) is 9.78 Å². The number of hydrogen-bond acceptors (Lipinski definition) is 5. The highest BCUT2D eigenvalue weighted by Crippen LogP contribution is 2.40. The fourth-order valence-corrected chi connectivity index (χ4v) is 4.39. The normalized spacial score (nSPS) is 22.2. The number of H-pyrrole nitrogens is 1. The molecular formula is C13H10F4N2O6S. The summed E-state index contributed by atoms with van der Waals surface area (Å²) in [5.74, 6) is -8.54. The molecule has 0 bridgehead atoms. The van der Waals surface area contributed by atoms with Crippen LogP contribution >= 0.6 is 0 Å². The highest BCUT2D eigenvalue weighted by Gasteiger charge is 2.55. The van der Waals surface area contributed by atoms with E-state index in [0.29, 0.717) is 12.1 Å². The molecule has 1 fully saturated rings. The smallest absolute Gasteiger partial charge is 0.417 e. The van der Waals surface area contributed by atoms with Crippen LogP contribution in [-0.4, -0.2) is 48.0 Å². The molecule has 26 heavy (non-hydrogen) atoms. The van der Waals surface area contributed by atoms with Crippen LogP contribution in [-0.2, 0) is 14.8 Å². The van der Waals surface area contributed by atoms with Crippen LogP contribution in [0.3, 0.4) is 0 Å². The molecule has 1 aliphatic rings. The second-order valence-corrected chi connectivity index (χ2v) is 7.61. The summed E-state index contributed by atoms with van der Waals surface area (Å²) in [4.78, 5) is 23.2. The molecule has 1 aromatic heterocycles. The lowest BCUT2D eigenvalue weighted by atomic mass is 9.96. The number of carboxylic acid groups (broad SMARTS) is 1. The summed E-state index contributed by atoms with van der Waals surface area (Å²) < 4.78 is 83.2. The maximum absolute atomic E-state index is 14.2. The van der Waals surface area contributed by atoms with E-state index in [-0.39, 0.29) is 15.4 Å². The van der Waals surface area contributed by atoms with Gasteiger partial charge < -0.3 is 9.52 Å². The third-order valence-electron chi connectivity index (χ3n) is 4.12. The number of hydrogen-bond donors (Lipinski definition) is 2. The lowest BCUT2D eigenvalue weighted by molar-refractivity contribution is -0.187. The molecule has 0 amide bonds. The Bertz CT molecular complexity index is 1040. The standard InChI is InChI=1S/C13H10F4N2O6S/c14-7-1-8-9(25-12(22)18-8)2-10(7)26(23,24)19-3-5(11(20)21)6(4-19)13(15,16)17/h1-2,5-6H,3-4H2,(H,18,22)(H,20,21)/t5-,6-/m1/s1. The van der Waals surface area contributed by atoms with Crippen LogP contribution in [0.2, 0.25) is 0 Å². The Labute approximate surface area is 142 Å². The highest BCUT2D eigenvalue weighted by atomic mass is 32.2. The molecule has 0 radical (unpaired) electrons. The van der Waals surface area contributed by atoms with Crippen LogP contribution in [0.25, 0.3) is 11.1 Å². The molecule has 2 N–H and O–H groups in total. The molecule has 0 aliphatic carbocycles. The predicted molar refractivity (Wildman–Crippen MR) is 76.2 cm³/mol. The maximum Gasteiger partial charge on any atom is 0.417 e. The van der Waals surface area contributed by atoms with Crippen LogP contribution in [0.15, 0.2) is 26.2 Å². The molecule has 1 aromatic carbocycles. The highest BCUT2D eigenvalue weighted by molar-refractivity contribution is 7.89. The summed E-state index contributed by atoms with van der Waals surface area (Å²) in [5, 5.41) is 8.95. The number of oxazole rings is 1. The van der Waals surface area contributed by atoms with Gasteiger partial charge in [-0.2, -0.15) is 17.5 Å². The predicted octanol–water partition coefficient (Wildman–Crippen LogP) is 1.14. The molecule has 2 heterocycles. The first-order chi connectivity index (χ1) is 11.9. The summed E-state index contributed by atoms with van der Waals surface area (Å²) in [7, 11) is -4.79. The van der Waals surface area contributed by atoms with Crippen molar-refractivity contribution in [3.05, 3.63) is 28.5 Å². The second-order valence-electron chi connectivity index (χ2n) is 5.71. The minimum Gasteiger partial charge on any atom is -0.481 e. The third-order valence-corrected chi connectivity index (χ3v) is 5.96. The van der Waals surface area contributed by atoms with E-state index in [9.17, 15) is 35.6 Å². The van der Waals surface area contributed by atoms with Crippen LogP contribution in [0.1, 0.15) is 0 Å². The average Bonchev–Trinajstić information content (AvgIpc) is 3.08. The zero-order chi connectivity index (χ0) is 19.4. The van der Waals surface area contributed by atoms with Crippen molar-refractivity contribution >= 4 is 27.1 Å². The van der Waals surface area contributed by atoms with E-state index in [1.807, 2.05) is 0 Å². The van der Waals surface area contributed by atoms with E-state index in [0.717, 1.165) is 0 Å². The van der Waals surface area contributed by atoms with Gasteiger partial charge in [0.1, 0.15) is 10.7 Å².